The Morgan fingerprint density at radius 1 is 0.867 bits per heavy atom. The summed E-state index contributed by atoms with van der Waals surface area (Å²) < 4.78 is 7.91. The second-order valence-corrected chi connectivity index (χ2v) is 9.68. The van der Waals surface area contributed by atoms with Gasteiger partial charge < -0.3 is 14.7 Å². The number of unbranched alkanes of at least 4 members (excludes halogenated alkanes) is 2. The lowest BCUT2D eigenvalue weighted by molar-refractivity contribution is 0.110. The predicted molar refractivity (Wildman–Crippen MR) is 135 cm³/mol. The number of methoxy groups -OCH3 is 1. The highest BCUT2D eigenvalue weighted by Gasteiger charge is 2.23. The first kappa shape index (κ1) is 23.5. The predicted octanol–water partition coefficient (Wildman–Crippen LogP) is 7.46. The normalized spacial score (nSPS) is 12.8. The summed E-state index contributed by atoms with van der Waals surface area (Å²) in [6.45, 7) is 7.05. The average molecular weight is 537 g/mol. The van der Waals surface area contributed by atoms with Crippen molar-refractivity contribution in [3.63, 3.8) is 0 Å². The lowest BCUT2D eigenvalue weighted by Crippen LogP contribution is -2.31. The van der Waals surface area contributed by atoms with Crippen molar-refractivity contribution in [3.05, 3.63) is 50.9 Å². The monoisotopic (exact) mass is 535 g/mol. The standard InChI is InChI=1S/C25H31Br2NO2/c1-4-6-12-28(13-7-5-2)16-23(29)24-21-14-17(26)8-10-19(21)20-11-9-18(27)15-22(20)25(24)30-3/h8-11,14-15,23,29H,4-7,12-13,16H2,1-3H3. The zero-order valence-electron chi connectivity index (χ0n) is 18.0. The molecule has 5 heteroatoms. The van der Waals surface area contributed by atoms with Crippen molar-refractivity contribution >= 4 is 53.4 Å². The Kier molecular flexibility index (Phi) is 8.58. The van der Waals surface area contributed by atoms with Gasteiger partial charge in [-0.25, -0.2) is 0 Å². The zero-order chi connectivity index (χ0) is 21.7. The molecular weight excluding hydrogens is 506 g/mol. The number of halogens is 2. The molecule has 0 amide bonds. The van der Waals surface area contributed by atoms with Crippen LogP contribution in [0.15, 0.2) is 45.3 Å². The highest BCUT2D eigenvalue weighted by atomic mass is 79.9. The molecule has 0 fully saturated rings. The van der Waals surface area contributed by atoms with Gasteiger partial charge in [0.05, 0.1) is 13.2 Å². The largest absolute Gasteiger partial charge is 0.496 e. The molecule has 0 bridgehead atoms. The van der Waals surface area contributed by atoms with Crippen LogP contribution in [0.2, 0.25) is 0 Å². The van der Waals surface area contributed by atoms with Crippen LogP contribution in [0.3, 0.4) is 0 Å². The van der Waals surface area contributed by atoms with E-state index < -0.39 is 6.10 Å². The van der Waals surface area contributed by atoms with E-state index in [0.717, 1.165) is 80.6 Å². The fraction of sp³-hybridized carbons (Fsp3) is 0.440. The van der Waals surface area contributed by atoms with Crippen LogP contribution in [-0.2, 0) is 0 Å². The molecule has 0 spiro atoms. The number of aliphatic hydroxyl groups excluding tert-OH is 1. The first-order chi connectivity index (χ1) is 14.5. The van der Waals surface area contributed by atoms with Crippen molar-refractivity contribution in [1.82, 2.24) is 4.90 Å². The Morgan fingerprint density at radius 3 is 1.93 bits per heavy atom. The lowest BCUT2D eigenvalue weighted by Gasteiger charge is -2.27. The van der Waals surface area contributed by atoms with Crippen molar-refractivity contribution in [3.8, 4) is 5.75 Å². The molecule has 3 rings (SSSR count). The topological polar surface area (TPSA) is 32.7 Å². The molecule has 1 N–H and O–H groups in total. The second-order valence-electron chi connectivity index (χ2n) is 7.85. The molecule has 0 aliphatic carbocycles. The number of ether oxygens (including phenoxy) is 1. The van der Waals surface area contributed by atoms with Crippen LogP contribution < -0.4 is 4.74 Å². The van der Waals surface area contributed by atoms with Gasteiger partial charge in [0.25, 0.3) is 0 Å². The molecule has 0 aromatic heterocycles. The summed E-state index contributed by atoms with van der Waals surface area (Å²) in [6.07, 6.45) is 3.97. The maximum atomic E-state index is 11.5. The van der Waals surface area contributed by atoms with Gasteiger partial charge in [-0.2, -0.15) is 0 Å². The molecule has 3 nitrogen and oxygen atoms in total. The summed E-state index contributed by atoms with van der Waals surface area (Å²) in [4.78, 5) is 2.39. The Labute approximate surface area is 196 Å². The molecule has 30 heavy (non-hydrogen) atoms. The van der Waals surface area contributed by atoms with Gasteiger partial charge in [0.15, 0.2) is 0 Å². The van der Waals surface area contributed by atoms with Gasteiger partial charge >= 0.3 is 0 Å². The minimum absolute atomic E-state index is 0.609. The van der Waals surface area contributed by atoms with Gasteiger partial charge in [0.1, 0.15) is 5.75 Å². The van der Waals surface area contributed by atoms with E-state index in [-0.39, 0.29) is 0 Å². The number of hydrogen-bond acceptors (Lipinski definition) is 3. The summed E-state index contributed by atoms with van der Waals surface area (Å²) >= 11 is 7.21. The average Bonchev–Trinajstić information content (AvgIpc) is 2.74. The first-order valence-electron chi connectivity index (χ1n) is 10.8. The van der Waals surface area contributed by atoms with E-state index in [9.17, 15) is 5.11 Å². The quantitative estimate of drug-likeness (QED) is 0.273. The molecule has 162 valence electrons. The van der Waals surface area contributed by atoms with Crippen LogP contribution in [-0.4, -0.2) is 36.8 Å². The SMILES string of the molecule is CCCCN(CCCC)CC(O)c1c(OC)c2cc(Br)ccc2c2ccc(Br)cc12. The Hall–Kier alpha value is -1.14. The van der Waals surface area contributed by atoms with Crippen molar-refractivity contribution in [2.45, 2.75) is 45.6 Å². The van der Waals surface area contributed by atoms with E-state index in [0.29, 0.717) is 6.54 Å². The Balaban J connectivity index is 2.15. The van der Waals surface area contributed by atoms with E-state index >= 15 is 0 Å². The molecule has 3 aromatic carbocycles. The van der Waals surface area contributed by atoms with E-state index in [4.69, 9.17) is 4.74 Å². The van der Waals surface area contributed by atoms with Crippen molar-refractivity contribution < 1.29 is 9.84 Å². The third-order valence-electron chi connectivity index (χ3n) is 5.66. The van der Waals surface area contributed by atoms with Crippen LogP contribution >= 0.6 is 31.9 Å². The number of hydrogen-bond donors (Lipinski definition) is 1. The van der Waals surface area contributed by atoms with Crippen LogP contribution in [0.5, 0.6) is 5.75 Å². The van der Waals surface area contributed by atoms with Crippen LogP contribution in [0.4, 0.5) is 0 Å². The molecule has 0 saturated carbocycles. The van der Waals surface area contributed by atoms with Crippen LogP contribution in [0.1, 0.15) is 51.2 Å². The van der Waals surface area contributed by atoms with Crippen molar-refractivity contribution in [2.24, 2.45) is 0 Å². The van der Waals surface area contributed by atoms with Crippen LogP contribution in [0, 0.1) is 0 Å². The number of fused-ring (bicyclic) bond motifs is 3. The Bertz CT molecular complexity index is 998. The summed E-state index contributed by atoms with van der Waals surface area (Å²) in [7, 11) is 1.70. The number of nitrogens with zero attached hydrogens (tertiary/aromatic N) is 1. The maximum absolute atomic E-state index is 11.5. The summed E-state index contributed by atoms with van der Waals surface area (Å²) in [5.41, 5.74) is 0.873. The highest BCUT2D eigenvalue weighted by molar-refractivity contribution is 9.10. The third kappa shape index (κ3) is 5.18. The fourth-order valence-electron chi connectivity index (χ4n) is 4.13. The first-order valence-corrected chi connectivity index (χ1v) is 12.4. The van der Waals surface area contributed by atoms with E-state index in [1.54, 1.807) is 7.11 Å². The van der Waals surface area contributed by atoms with Gasteiger partial charge in [0, 0.05) is 26.4 Å². The highest BCUT2D eigenvalue weighted by Crippen LogP contribution is 2.43. The molecule has 1 atom stereocenters. The van der Waals surface area contributed by atoms with E-state index in [1.807, 2.05) is 0 Å². The zero-order valence-corrected chi connectivity index (χ0v) is 21.2. The maximum Gasteiger partial charge on any atom is 0.133 e. The van der Waals surface area contributed by atoms with Crippen molar-refractivity contribution in [2.75, 3.05) is 26.7 Å². The molecule has 0 aliphatic heterocycles. The molecule has 0 radical (unpaired) electrons. The molecule has 0 heterocycles. The van der Waals surface area contributed by atoms with Gasteiger partial charge in [-0.3, -0.25) is 0 Å². The summed E-state index contributed by atoms with van der Waals surface area (Å²) in [5.74, 6) is 0.760. The minimum Gasteiger partial charge on any atom is -0.496 e. The Morgan fingerprint density at radius 2 is 1.40 bits per heavy atom. The second kappa shape index (κ2) is 10.9. The number of rotatable bonds is 10. The number of aliphatic hydroxyl groups is 1. The van der Waals surface area contributed by atoms with E-state index in [2.05, 4.69) is 87.0 Å². The molecule has 0 aliphatic rings. The smallest absolute Gasteiger partial charge is 0.133 e. The van der Waals surface area contributed by atoms with Crippen LogP contribution in [0.25, 0.3) is 21.5 Å². The van der Waals surface area contributed by atoms with Gasteiger partial charge in [0.2, 0.25) is 0 Å². The fourth-order valence-corrected chi connectivity index (χ4v) is 4.85. The minimum atomic E-state index is -0.631. The molecular formula is C25H31Br2NO2. The molecule has 0 saturated heterocycles. The third-order valence-corrected chi connectivity index (χ3v) is 6.64. The molecule has 1 unspecified atom stereocenters. The van der Waals surface area contributed by atoms with E-state index in [1.165, 1.54) is 0 Å². The van der Waals surface area contributed by atoms with Gasteiger partial charge in [-0.05, 0) is 66.4 Å². The van der Waals surface area contributed by atoms with Crippen molar-refractivity contribution in [1.29, 1.82) is 0 Å². The summed E-state index contributed by atoms with van der Waals surface area (Å²) in [5, 5.41) is 15.8. The molecule has 3 aromatic rings. The van der Waals surface area contributed by atoms with Gasteiger partial charge in [-0.15, -0.1) is 0 Å². The van der Waals surface area contributed by atoms with Gasteiger partial charge in [-0.1, -0.05) is 70.7 Å². The lowest BCUT2D eigenvalue weighted by atomic mass is 9.93. The summed E-state index contributed by atoms with van der Waals surface area (Å²) in [6, 6.07) is 12.5. The number of benzene rings is 3.